The molecule has 31 heavy (non-hydrogen) atoms. The number of amides is 1. The van der Waals surface area contributed by atoms with E-state index in [1.165, 1.54) is 12.8 Å². The summed E-state index contributed by atoms with van der Waals surface area (Å²) < 4.78 is 0. The van der Waals surface area contributed by atoms with Gasteiger partial charge in [-0.2, -0.15) is 0 Å². The van der Waals surface area contributed by atoms with Crippen molar-refractivity contribution in [2.75, 3.05) is 18.4 Å². The Morgan fingerprint density at radius 3 is 2.61 bits per heavy atom. The van der Waals surface area contributed by atoms with Crippen molar-refractivity contribution in [2.24, 2.45) is 5.92 Å². The standard InChI is InChI=1S/C25H27N5O/c31-25(18-7-4-5-8-18)30-14-12-20(17-30)24-28-22(19-9-6-13-26-16-19)15-23(29-24)27-21-10-2-1-3-11-21/h1-3,6,9-11,13,15-16,18,20H,4-5,7-8,12,14,17H2,(H,27,28,29)/t20-/m0/s1. The SMILES string of the molecule is O=C(C1CCCC1)N1CC[C@H](c2nc(Nc3ccccc3)cc(-c3cccnc3)n2)C1. The number of anilines is 2. The highest BCUT2D eigenvalue weighted by atomic mass is 16.2. The van der Waals surface area contributed by atoms with E-state index in [2.05, 4.69) is 10.3 Å². The second-order valence-electron chi connectivity index (χ2n) is 8.48. The van der Waals surface area contributed by atoms with Gasteiger partial charge in [0.15, 0.2) is 0 Å². The fourth-order valence-electron chi connectivity index (χ4n) is 4.65. The summed E-state index contributed by atoms with van der Waals surface area (Å²) in [7, 11) is 0. The quantitative estimate of drug-likeness (QED) is 0.651. The van der Waals surface area contributed by atoms with Crippen LogP contribution in [0.4, 0.5) is 11.5 Å². The molecule has 3 heterocycles. The second kappa shape index (κ2) is 8.84. The number of hydrogen-bond donors (Lipinski definition) is 1. The van der Waals surface area contributed by atoms with Gasteiger partial charge in [-0.15, -0.1) is 0 Å². The second-order valence-corrected chi connectivity index (χ2v) is 8.48. The molecule has 1 aromatic carbocycles. The van der Waals surface area contributed by atoms with Crippen LogP contribution in [0.3, 0.4) is 0 Å². The molecule has 0 unspecified atom stereocenters. The summed E-state index contributed by atoms with van der Waals surface area (Å²) in [5.41, 5.74) is 2.78. The zero-order valence-electron chi connectivity index (χ0n) is 17.6. The maximum absolute atomic E-state index is 12.9. The van der Waals surface area contributed by atoms with Crippen molar-refractivity contribution in [1.29, 1.82) is 0 Å². The zero-order chi connectivity index (χ0) is 21.0. The van der Waals surface area contributed by atoms with Crippen molar-refractivity contribution in [3.05, 3.63) is 66.7 Å². The van der Waals surface area contributed by atoms with Gasteiger partial charge in [0.25, 0.3) is 0 Å². The number of aromatic nitrogens is 3. The van der Waals surface area contributed by atoms with Crippen LogP contribution in [0.25, 0.3) is 11.3 Å². The summed E-state index contributed by atoms with van der Waals surface area (Å²) in [5.74, 6) is 2.25. The highest BCUT2D eigenvalue weighted by Crippen LogP contribution is 2.32. The summed E-state index contributed by atoms with van der Waals surface area (Å²) in [5, 5.41) is 3.40. The number of nitrogens with zero attached hydrogens (tertiary/aromatic N) is 4. The molecule has 1 saturated carbocycles. The predicted octanol–water partition coefficient (Wildman–Crippen LogP) is 4.79. The molecular formula is C25H27N5O. The van der Waals surface area contributed by atoms with E-state index >= 15 is 0 Å². The molecule has 2 aromatic heterocycles. The molecule has 6 heteroatoms. The minimum atomic E-state index is 0.151. The molecule has 1 amide bonds. The first-order chi connectivity index (χ1) is 15.3. The van der Waals surface area contributed by atoms with Crippen LogP contribution in [0.1, 0.15) is 43.8 Å². The van der Waals surface area contributed by atoms with Crippen LogP contribution in [-0.4, -0.2) is 38.8 Å². The van der Waals surface area contributed by atoms with Crippen molar-refractivity contribution in [1.82, 2.24) is 19.9 Å². The van der Waals surface area contributed by atoms with Gasteiger partial charge in [0, 0.05) is 54.6 Å². The van der Waals surface area contributed by atoms with E-state index < -0.39 is 0 Å². The number of pyridine rings is 1. The fourth-order valence-corrected chi connectivity index (χ4v) is 4.65. The first kappa shape index (κ1) is 19.7. The van der Waals surface area contributed by atoms with E-state index in [1.54, 1.807) is 6.20 Å². The number of nitrogens with one attached hydrogen (secondary N) is 1. The van der Waals surface area contributed by atoms with Gasteiger partial charge in [-0.25, -0.2) is 9.97 Å². The van der Waals surface area contributed by atoms with Crippen LogP contribution in [0.5, 0.6) is 0 Å². The molecule has 158 valence electrons. The van der Waals surface area contributed by atoms with Crippen molar-refractivity contribution >= 4 is 17.4 Å². The summed E-state index contributed by atoms with van der Waals surface area (Å²) in [6.07, 6.45) is 8.92. The first-order valence-corrected chi connectivity index (χ1v) is 11.2. The number of benzene rings is 1. The lowest BCUT2D eigenvalue weighted by molar-refractivity contribution is -0.134. The molecule has 1 N–H and O–H groups in total. The summed E-state index contributed by atoms with van der Waals surface area (Å²) in [6, 6.07) is 15.9. The highest BCUT2D eigenvalue weighted by molar-refractivity contribution is 5.79. The van der Waals surface area contributed by atoms with Crippen LogP contribution in [-0.2, 0) is 4.79 Å². The van der Waals surface area contributed by atoms with E-state index in [-0.39, 0.29) is 11.8 Å². The fraction of sp³-hybridized carbons (Fsp3) is 0.360. The third-order valence-electron chi connectivity index (χ3n) is 6.32. The third-order valence-corrected chi connectivity index (χ3v) is 6.32. The van der Waals surface area contributed by atoms with Crippen molar-refractivity contribution in [3.63, 3.8) is 0 Å². The van der Waals surface area contributed by atoms with Crippen molar-refractivity contribution < 1.29 is 4.79 Å². The Kier molecular flexibility index (Phi) is 5.61. The minimum Gasteiger partial charge on any atom is -0.342 e. The Morgan fingerprint density at radius 2 is 1.84 bits per heavy atom. The normalized spacial score (nSPS) is 19.0. The van der Waals surface area contributed by atoms with Crippen molar-refractivity contribution in [2.45, 2.75) is 38.0 Å². The van der Waals surface area contributed by atoms with E-state index in [1.807, 2.05) is 59.6 Å². The van der Waals surface area contributed by atoms with E-state index in [9.17, 15) is 4.79 Å². The number of rotatable bonds is 5. The smallest absolute Gasteiger partial charge is 0.225 e. The maximum Gasteiger partial charge on any atom is 0.225 e. The predicted molar refractivity (Wildman–Crippen MR) is 121 cm³/mol. The first-order valence-electron chi connectivity index (χ1n) is 11.2. The maximum atomic E-state index is 12.9. The summed E-state index contributed by atoms with van der Waals surface area (Å²) in [6.45, 7) is 1.50. The number of carbonyl (C=O) groups is 1. The van der Waals surface area contributed by atoms with E-state index in [0.717, 1.165) is 54.4 Å². The molecule has 1 aliphatic heterocycles. The molecule has 0 spiro atoms. The van der Waals surface area contributed by atoms with Crippen LogP contribution in [0, 0.1) is 5.92 Å². The Balaban J connectivity index is 1.42. The molecule has 2 fully saturated rings. The summed E-state index contributed by atoms with van der Waals surface area (Å²) >= 11 is 0. The van der Waals surface area contributed by atoms with Gasteiger partial charge in [0.2, 0.25) is 5.91 Å². The van der Waals surface area contributed by atoms with Gasteiger partial charge < -0.3 is 10.2 Å². The molecule has 1 atom stereocenters. The average molecular weight is 414 g/mol. The Hall–Kier alpha value is -3.28. The highest BCUT2D eigenvalue weighted by Gasteiger charge is 2.34. The Labute approximate surface area is 182 Å². The van der Waals surface area contributed by atoms with Crippen molar-refractivity contribution in [3.8, 4) is 11.3 Å². The lowest BCUT2D eigenvalue weighted by Gasteiger charge is -2.20. The third kappa shape index (κ3) is 4.43. The monoisotopic (exact) mass is 413 g/mol. The molecule has 1 aliphatic carbocycles. The topological polar surface area (TPSA) is 71.0 Å². The molecule has 3 aromatic rings. The number of carbonyl (C=O) groups excluding carboxylic acids is 1. The number of likely N-dealkylation sites (tertiary alicyclic amines) is 1. The lowest BCUT2D eigenvalue weighted by atomic mass is 10.1. The Bertz CT molecular complexity index is 1030. The molecule has 5 rings (SSSR count). The van der Waals surface area contributed by atoms with Gasteiger partial charge >= 0.3 is 0 Å². The molecule has 6 nitrogen and oxygen atoms in total. The van der Waals surface area contributed by atoms with Crippen LogP contribution in [0.2, 0.25) is 0 Å². The molecule has 0 radical (unpaired) electrons. The minimum absolute atomic E-state index is 0.151. The molecule has 0 bridgehead atoms. The number of para-hydroxylation sites is 1. The van der Waals surface area contributed by atoms with Gasteiger partial charge in [-0.3, -0.25) is 9.78 Å². The largest absolute Gasteiger partial charge is 0.342 e. The number of hydrogen-bond acceptors (Lipinski definition) is 5. The van der Waals surface area contributed by atoms with Crippen LogP contribution in [0.15, 0.2) is 60.9 Å². The molecule has 1 saturated heterocycles. The zero-order valence-corrected chi connectivity index (χ0v) is 17.6. The lowest BCUT2D eigenvalue weighted by Crippen LogP contribution is -2.33. The van der Waals surface area contributed by atoms with Gasteiger partial charge in [0.05, 0.1) is 5.69 Å². The van der Waals surface area contributed by atoms with Crippen LogP contribution >= 0.6 is 0 Å². The molecular weight excluding hydrogens is 386 g/mol. The van der Waals surface area contributed by atoms with Crippen LogP contribution < -0.4 is 5.32 Å². The Morgan fingerprint density at radius 1 is 1.00 bits per heavy atom. The van der Waals surface area contributed by atoms with Gasteiger partial charge in [-0.05, 0) is 43.5 Å². The molecule has 2 aliphatic rings. The van der Waals surface area contributed by atoms with Gasteiger partial charge in [0.1, 0.15) is 11.6 Å². The van der Waals surface area contributed by atoms with E-state index in [4.69, 9.17) is 9.97 Å². The van der Waals surface area contributed by atoms with Gasteiger partial charge in [-0.1, -0.05) is 31.0 Å². The summed E-state index contributed by atoms with van der Waals surface area (Å²) in [4.78, 5) is 28.9. The average Bonchev–Trinajstić information content (AvgIpc) is 3.52. The van der Waals surface area contributed by atoms with E-state index in [0.29, 0.717) is 12.5 Å².